The summed E-state index contributed by atoms with van der Waals surface area (Å²) < 4.78 is 1.42. The Morgan fingerprint density at radius 3 is 2.88 bits per heavy atom. The molecule has 4 nitrogen and oxygen atoms in total. The van der Waals surface area contributed by atoms with Crippen LogP contribution >= 0.6 is 11.6 Å². The van der Waals surface area contributed by atoms with Gasteiger partial charge in [0.1, 0.15) is 6.33 Å². The Morgan fingerprint density at radius 2 is 2.18 bits per heavy atom. The van der Waals surface area contributed by atoms with E-state index in [0.29, 0.717) is 23.6 Å². The van der Waals surface area contributed by atoms with Crippen molar-refractivity contribution in [1.29, 1.82) is 0 Å². The SMILES string of the molecule is NCCc1cn(C(=O)c2ccccc2Cl)cn1. The van der Waals surface area contributed by atoms with Gasteiger partial charge in [0, 0.05) is 12.6 Å². The zero-order valence-corrected chi connectivity index (χ0v) is 9.89. The average molecular weight is 250 g/mol. The second-order valence-electron chi connectivity index (χ2n) is 3.60. The van der Waals surface area contributed by atoms with Gasteiger partial charge in [0.05, 0.1) is 16.3 Å². The molecule has 88 valence electrons. The van der Waals surface area contributed by atoms with Gasteiger partial charge >= 0.3 is 0 Å². The van der Waals surface area contributed by atoms with Crippen molar-refractivity contribution in [1.82, 2.24) is 9.55 Å². The van der Waals surface area contributed by atoms with Crippen molar-refractivity contribution in [3.8, 4) is 0 Å². The zero-order valence-electron chi connectivity index (χ0n) is 9.14. The van der Waals surface area contributed by atoms with Crippen LogP contribution in [-0.2, 0) is 6.42 Å². The largest absolute Gasteiger partial charge is 0.330 e. The quantitative estimate of drug-likeness (QED) is 0.901. The van der Waals surface area contributed by atoms with E-state index in [9.17, 15) is 4.79 Å². The Kier molecular flexibility index (Phi) is 3.56. The lowest BCUT2D eigenvalue weighted by molar-refractivity contribution is 0.0960. The number of hydrogen-bond donors (Lipinski definition) is 1. The molecule has 0 aliphatic heterocycles. The van der Waals surface area contributed by atoms with E-state index in [0.717, 1.165) is 5.69 Å². The molecule has 2 aromatic rings. The van der Waals surface area contributed by atoms with E-state index in [1.54, 1.807) is 30.5 Å². The van der Waals surface area contributed by atoms with E-state index in [1.165, 1.54) is 10.9 Å². The molecule has 0 unspecified atom stereocenters. The van der Waals surface area contributed by atoms with Crippen molar-refractivity contribution >= 4 is 17.5 Å². The van der Waals surface area contributed by atoms with Gasteiger partial charge in [-0.3, -0.25) is 9.36 Å². The molecule has 5 heteroatoms. The van der Waals surface area contributed by atoms with E-state index in [1.807, 2.05) is 0 Å². The van der Waals surface area contributed by atoms with Gasteiger partial charge in [-0.25, -0.2) is 4.98 Å². The maximum Gasteiger partial charge on any atom is 0.264 e. The van der Waals surface area contributed by atoms with Gasteiger partial charge in [-0.1, -0.05) is 23.7 Å². The van der Waals surface area contributed by atoms with Gasteiger partial charge < -0.3 is 5.73 Å². The summed E-state index contributed by atoms with van der Waals surface area (Å²) in [5, 5.41) is 0.437. The Morgan fingerprint density at radius 1 is 1.41 bits per heavy atom. The highest BCUT2D eigenvalue weighted by molar-refractivity contribution is 6.33. The summed E-state index contributed by atoms with van der Waals surface area (Å²) in [6.45, 7) is 0.511. The maximum absolute atomic E-state index is 12.1. The summed E-state index contributed by atoms with van der Waals surface area (Å²) in [6.07, 6.45) is 3.82. The average Bonchev–Trinajstić information content (AvgIpc) is 2.78. The first kappa shape index (κ1) is 11.8. The molecule has 0 bridgehead atoms. The summed E-state index contributed by atoms with van der Waals surface area (Å²) in [5.74, 6) is -0.189. The highest BCUT2D eigenvalue weighted by Gasteiger charge is 2.12. The fraction of sp³-hybridized carbons (Fsp3) is 0.167. The lowest BCUT2D eigenvalue weighted by Crippen LogP contribution is -2.10. The van der Waals surface area contributed by atoms with Gasteiger partial charge in [-0.05, 0) is 18.7 Å². The first-order valence-corrected chi connectivity index (χ1v) is 5.62. The van der Waals surface area contributed by atoms with Crippen LogP contribution in [0, 0.1) is 0 Å². The van der Waals surface area contributed by atoms with Gasteiger partial charge in [0.15, 0.2) is 0 Å². The fourth-order valence-electron chi connectivity index (χ4n) is 1.53. The third-order valence-corrected chi connectivity index (χ3v) is 2.70. The normalized spacial score (nSPS) is 10.5. The lowest BCUT2D eigenvalue weighted by Gasteiger charge is -2.02. The number of imidazole rings is 1. The molecule has 1 heterocycles. The second-order valence-corrected chi connectivity index (χ2v) is 4.00. The Hall–Kier alpha value is -1.65. The van der Waals surface area contributed by atoms with Crippen molar-refractivity contribution in [2.45, 2.75) is 6.42 Å². The van der Waals surface area contributed by atoms with Crippen LogP contribution in [0.4, 0.5) is 0 Å². The van der Waals surface area contributed by atoms with Crippen molar-refractivity contribution < 1.29 is 4.79 Å². The van der Waals surface area contributed by atoms with Crippen LogP contribution in [0.3, 0.4) is 0 Å². The van der Waals surface area contributed by atoms with Gasteiger partial charge in [-0.2, -0.15) is 0 Å². The minimum absolute atomic E-state index is 0.189. The molecule has 0 aliphatic rings. The second kappa shape index (κ2) is 5.12. The predicted molar refractivity (Wildman–Crippen MR) is 66.2 cm³/mol. The molecule has 2 rings (SSSR count). The molecule has 0 atom stereocenters. The minimum Gasteiger partial charge on any atom is -0.330 e. The van der Waals surface area contributed by atoms with Crippen molar-refractivity contribution in [2.75, 3.05) is 6.54 Å². The summed E-state index contributed by atoms with van der Waals surface area (Å²) in [6, 6.07) is 6.93. The van der Waals surface area contributed by atoms with E-state index in [-0.39, 0.29) is 5.91 Å². The molecule has 0 aliphatic carbocycles. The maximum atomic E-state index is 12.1. The molecular weight excluding hydrogens is 238 g/mol. The van der Waals surface area contributed by atoms with Crippen molar-refractivity contribution in [3.05, 3.63) is 53.1 Å². The number of rotatable bonds is 3. The number of aromatic nitrogens is 2. The number of halogens is 1. The van der Waals surface area contributed by atoms with E-state index >= 15 is 0 Å². The monoisotopic (exact) mass is 249 g/mol. The zero-order chi connectivity index (χ0) is 12.3. The predicted octanol–water partition coefficient (Wildman–Crippen LogP) is 1.73. The molecule has 0 amide bonds. The van der Waals surface area contributed by atoms with Gasteiger partial charge in [0.2, 0.25) is 0 Å². The fourth-order valence-corrected chi connectivity index (χ4v) is 1.74. The molecule has 0 saturated heterocycles. The third kappa shape index (κ3) is 2.54. The summed E-state index contributed by atoms with van der Waals surface area (Å²) >= 11 is 5.96. The standard InChI is InChI=1S/C12H12ClN3O/c13-11-4-2-1-3-10(11)12(17)16-7-9(5-6-14)15-8-16/h1-4,7-8H,5-6,14H2. The number of carbonyl (C=O) groups is 1. The first-order valence-electron chi connectivity index (χ1n) is 5.24. The summed E-state index contributed by atoms with van der Waals surface area (Å²) in [7, 11) is 0. The number of hydrogen-bond acceptors (Lipinski definition) is 3. The van der Waals surface area contributed by atoms with E-state index in [4.69, 9.17) is 17.3 Å². The molecule has 0 radical (unpaired) electrons. The van der Waals surface area contributed by atoms with Crippen LogP contribution in [0.15, 0.2) is 36.8 Å². The van der Waals surface area contributed by atoms with Gasteiger partial charge in [0.25, 0.3) is 5.91 Å². The molecule has 0 spiro atoms. The molecule has 2 N–H and O–H groups in total. The highest BCUT2D eigenvalue weighted by atomic mass is 35.5. The number of carbonyl (C=O) groups excluding carboxylic acids is 1. The summed E-state index contributed by atoms with van der Waals surface area (Å²) in [4.78, 5) is 16.2. The lowest BCUT2D eigenvalue weighted by atomic mass is 10.2. The van der Waals surface area contributed by atoms with Gasteiger partial charge in [-0.15, -0.1) is 0 Å². The van der Waals surface area contributed by atoms with Crippen molar-refractivity contribution in [2.24, 2.45) is 5.73 Å². The number of nitrogens with two attached hydrogens (primary N) is 1. The van der Waals surface area contributed by atoms with Crippen LogP contribution in [0.5, 0.6) is 0 Å². The minimum atomic E-state index is -0.189. The Bertz CT molecular complexity index is 536. The topological polar surface area (TPSA) is 60.9 Å². The number of nitrogens with zero attached hydrogens (tertiary/aromatic N) is 2. The van der Waals surface area contributed by atoms with E-state index < -0.39 is 0 Å². The molecule has 0 fully saturated rings. The molecular formula is C12H12ClN3O. The van der Waals surface area contributed by atoms with Crippen LogP contribution in [0.1, 0.15) is 16.1 Å². The Labute approximate surface area is 104 Å². The van der Waals surface area contributed by atoms with Crippen LogP contribution < -0.4 is 5.73 Å². The molecule has 17 heavy (non-hydrogen) atoms. The van der Waals surface area contributed by atoms with Crippen molar-refractivity contribution in [3.63, 3.8) is 0 Å². The van der Waals surface area contributed by atoms with Crippen LogP contribution in [0.25, 0.3) is 0 Å². The highest BCUT2D eigenvalue weighted by Crippen LogP contribution is 2.16. The number of benzene rings is 1. The van der Waals surface area contributed by atoms with Crippen LogP contribution in [0.2, 0.25) is 5.02 Å². The first-order chi connectivity index (χ1) is 8.22. The van der Waals surface area contributed by atoms with E-state index in [2.05, 4.69) is 4.98 Å². The molecule has 1 aromatic carbocycles. The molecule has 1 aromatic heterocycles. The molecule has 0 saturated carbocycles. The smallest absolute Gasteiger partial charge is 0.264 e. The summed E-state index contributed by atoms with van der Waals surface area (Å²) in [5.41, 5.74) is 6.69. The Balaban J connectivity index is 2.28. The third-order valence-electron chi connectivity index (χ3n) is 2.38. The van der Waals surface area contributed by atoms with Crippen LogP contribution in [-0.4, -0.2) is 22.0 Å².